The first kappa shape index (κ1) is 22.2. The highest BCUT2D eigenvalue weighted by atomic mass is 32.2. The van der Waals surface area contributed by atoms with E-state index in [1.165, 1.54) is 28.0 Å². The normalized spacial score (nSPS) is 10.7. The van der Waals surface area contributed by atoms with Crippen molar-refractivity contribution < 1.29 is 18.4 Å². The molecule has 0 unspecified atom stereocenters. The Morgan fingerprint density at radius 1 is 1.15 bits per heavy atom. The first-order valence-corrected chi connectivity index (χ1v) is 10.8. The fraction of sp³-hybridized carbons (Fsp3) is 0.136. The number of hydrogen-bond acceptors (Lipinski definition) is 7. The molecule has 0 aliphatic heterocycles. The number of benzene rings is 2. The number of nitrogens with zero attached hydrogens (tertiary/aromatic N) is 5. The summed E-state index contributed by atoms with van der Waals surface area (Å²) in [5.41, 5.74) is 1.26. The fourth-order valence-electron chi connectivity index (χ4n) is 3.03. The maximum Gasteiger partial charge on any atom is 0.253 e. The van der Waals surface area contributed by atoms with Crippen LogP contribution in [-0.2, 0) is 11.3 Å². The van der Waals surface area contributed by atoms with Crippen molar-refractivity contribution in [1.29, 1.82) is 0 Å². The predicted octanol–water partition coefficient (Wildman–Crippen LogP) is 3.08. The maximum absolute atomic E-state index is 13.5. The van der Waals surface area contributed by atoms with Gasteiger partial charge in [0.05, 0.1) is 35.5 Å². The third-order valence-electron chi connectivity index (χ3n) is 4.71. The molecule has 2 amide bonds. The highest BCUT2D eigenvalue weighted by molar-refractivity contribution is 7.99. The van der Waals surface area contributed by atoms with E-state index in [0.717, 1.165) is 11.8 Å². The van der Waals surface area contributed by atoms with E-state index in [0.29, 0.717) is 27.9 Å². The first-order valence-electron chi connectivity index (χ1n) is 9.86. The van der Waals surface area contributed by atoms with Crippen LogP contribution in [0.15, 0.2) is 76.5 Å². The molecule has 0 fully saturated rings. The zero-order valence-electron chi connectivity index (χ0n) is 17.5. The van der Waals surface area contributed by atoms with E-state index in [1.54, 1.807) is 55.6 Å². The molecular formula is C22H19FN6O3S. The number of halogens is 1. The molecule has 9 nitrogen and oxygen atoms in total. The molecule has 0 atom stereocenters. The fourth-order valence-corrected chi connectivity index (χ4v) is 3.83. The van der Waals surface area contributed by atoms with Crippen LogP contribution in [0, 0.1) is 5.82 Å². The molecule has 2 aromatic carbocycles. The minimum atomic E-state index is -0.420. The van der Waals surface area contributed by atoms with Gasteiger partial charge in [0.1, 0.15) is 11.6 Å². The molecule has 0 saturated heterocycles. The summed E-state index contributed by atoms with van der Waals surface area (Å²) in [5, 5.41) is 14.5. The van der Waals surface area contributed by atoms with Crippen LogP contribution >= 0.6 is 11.8 Å². The van der Waals surface area contributed by atoms with E-state index in [4.69, 9.17) is 4.42 Å². The van der Waals surface area contributed by atoms with Crippen LogP contribution in [0.2, 0.25) is 0 Å². The smallest absolute Gasteiger partial charge is 0.253 e. The quantitative estimate of drug-likeness (QED) is 0.398. The number of carbonyl (C=O) groups excluding carboxylic acids is 2. The van der Waals surface area contributed by atoms with Crippen molar-refractivity contribution in [3.05, 3.63) is 84.1 Å². The Labute approximate surface area is 192 Å². The van der Waals surface area contributed by atoms with E-state index in [1.807, 2.05) is 0 Å². The molecule has 4 rings (SSSR count). The second-order valence-corrected chi connectivity index (χ2v) is 7.82. The molecule has 33 heavy (non-hydrogen) atoms. The first-order chi connectivity index (χ1) is 16.0. The Morgan fingerprint density at radius 3 is 2.79 bits per heavy atom. The van der Waals surface area contributed by atoms with Gasteiger partial charge >= 0.3 is 0 Å². The molecule has 0 bridgehead atoms. The molecule has 0 radical (unpaired) electrons. The van der Waals surface area contributed by atoms with Crippen molar-refractivity contribution in [2.45, 2.75) is 11.7 Å². The highest BCUT2D eigenvalue weighted by Crippen LogP contribution is 2.23. The van der Waals surface area contributed by atoms with Gasteiger partial charge in [-0.3, -0.25) is 9.59 Å². The standard InChI is InChI=1S/C22H19FN6O3S/c1-28(19-10-3-2-9-18(19)21(31)24-13-17-8-5-11-32-17)20(30)14-33-22-25-26-27-29(22)16-7-4-6-15(23)12-16/h2-12H,13-14H2,1H3,(H,24,31). The van der Waals surface area contributed by atoms with Crippen LogP contribution in [-0.4, -0.2) is 44.8 Å². The number of rotatable bonds is 8. The molecule has 0 saturated carbocycles. The summed E-state index contributed by atoms with van der Waals surface area (Å²) in [4.78, 5) is 27.0. The molecule has 11 heteroatoms. The van der Waals surface area contributed by atoms with Crippen molar-refractivity contribution in [2.24, 2.45) is 0 Å². The van der Waals surface area contributed by atoms with Crippen LogP contribution in [0.4, 0.5) is 10.1 Å². The van der Waals surface area contributed by atoms with Gasteiger partial charge in [-0.05, 0) is 52.9 Å². The van der Waals surface area contributed by atoms with Crippen LogP contribution < -0.4 is 10.2 Å². The van der Waals surface area contributed by atoms with Gasteiger partial charge in [0, 0.05) is 7.05 Å². The average Bonchev–Trinajstić information content (AvgIpc) is 3.52. The number of amides is 2. The lowest BCUT2D eigenvalue weighted by molar-refractivity contribution is -0.115. The molecular weight excluding hydrogens is 447 g/mol. The topological polar surface area (TPSA) is 106 Å². The van der Waals surface area contributed by atoms with E-state index >= 15 is 0 Å². The Hall–Kier alpha value is -3.99. The second-order valence-electron chi connectivity index (χ2n) is 6.87. The third-order valence-corrected chi connectivity index (χ3v) is 5.61. The average molecular weight is 466 g/mol. The van der Waals surface area contributed by atoms with Crippen molar-refractivity contribution in [1.82, 2.24) is 25.5 Å². The Morgan fingerprint density at radius 2 is 2.00 bits per heavy atom. The highest BCUT2D eigenvalue weighted by Gasteiger charge is 2.20. The summed E-state index contributed by atoms with van der Waals surface area (Å²) in [5.74, 6) is -0.382. The van der Waals surface area contributed by atoms with Gasteiger partial charge in [-0.1, -0.05) is 30.0 Å². The molecule has 0 aliphatic rings. The SMILES string of the molecule is CN(C(=O)CSc1nnnn1-c1cccc(F)c1)c1ccccc1C(=O)NCc1ccco1. The molecule has 1 N–H and O–H groups in total. The minimum Gasteiger partial charge on any atom is -0.467 e. The van der Waals surface area contributed by atoms with Crippen LogP contribution in [0.25, 0.3) is 5.69 Å². The third kappa shape index (κ3) is 5.26. The largest absolute Gasteiger partial charge is 0.467 e. The van der Waals surface area contributed by atoms with Crippen LogP contribution in [0.3, 0.4) is 0 Å². The summed E-state index contributed by atoms with van der Waals surface area (Å²) in [6, 6.07) is 16.2. The van der Waals surface area contributed by atoms with Crippen LogP contribution in [0.5, 0.6) is 0 Å². The Kier molecular flexibility index (Phi) is 6.79. The number of nitrogens with one attached hydrogen (secondary N) is 1. The number of furan rings is 1. The summed E-state index contributed by atoms with van der Waals surface area (Å²) < 4.78 is 20.1. The van der Waals surface area contributed by atoms with E-state index in [-0.39, 0.29) is 24.1 Å². The van der Waals surface area contributed by atoms with Gasteiger partial charge < -0.3 is 14.6 Å². The van der Waals surface area contributed by atoms with Gasteiger partial charge in [0.15, 0.2) is 0 Å². The molecule has 0 spiro atoms. The number of thioether (sulfide) groups is 1. The lowest BCUT2D eigenvalue weighted by Crippen LogP contribution is -2.31. The van der Waals surface area contributed by atoms with Gasteiger partial charge in [0.25, 0.3) is 5.91 Å². The number of hydrogen-bond donors (Lipinski definition) is 1. The summed E-state index contributed by atoms with van der Waals surface area (Å²) >= 11 is 1.11. The maximum atomic E-state index is 13.5. The molecule has 0 aliphatic carbocycles. The van der Waals surface area contributed by atoms with Crippen molar-refractivity contribution in [2.75, 3.05) is 17.7 Å². The molecule has 2 heterocycles. The molecule has 4 aromatic rings. The van der Waals surface area contributed by atoms with Crippen molar-refractivity contribution in [3.8, 4) is 5.69 Å². The lowest BCUT2D eigenvalue weighted by Gasteiger charge is -2.20. The number of carbonyl (C=O) groups is 2. The van der Waals surface area contributed by atoms with Gasteiger partial charge in [0.2, 0.25) is 11.1 Å². The molecule has 2 aromatic heterocycles. The molecule has 168 valence electrons. The zero-order chi connectivity index (χ0) is 23.2. The van der Waals surface area contributed by atoms with Gasteiger partial charge in [-0.15, -0.1) is 5.10 Å². The lowest BCUT2D eigenvalue weighted by atomic mass is 10.1. The summed E-state index contributed by atoms with van der Waals surface area (Å²) in [7, 11) is 1.59. The minimum absolute atomic E-state index is 0.00847. The van der Waals surface area contributed by atoms with E-state index in [9.17, 15) is 14.0 Å². The summed E-state index contributed by atoms with van der Waals surface area (Å²) in [6.07, 6.45) is 1.53. The number of para-hydroxylation sites is 1. The van der Waals surface area contributed by atoms with Crippen molar-refractivity contribution in [3.63, 3.8) is 0 Å². The summed E-state index contributed by atoms with van der Waals surface area (Å²) in [6.45, 7) is 0.233. The predicted molar refractivity (Wildman–Crippen MR) is 120 cm³/mol. The van der Waals surface area contributed by atoms with Crippen LogP contribution in [0.1, 0.15) is 16.1 Å². The number of aromatic nitrogens is 4. The number of tetrazole rings is 1. The van der Waals surface area contributed by atoms with Gasteiger partial charge in [-0.25, -0.2) is 4.39 Å². The van der Waals surface area contributed by atoms with E-state index in [2.05, 4.69) is 20.8 Å². The monoisotopic (exact) mass is 466 g/mol. The zero-order valence-corrected chi connectivity index (χ0v) is 18.3. The van der Waals surface area contributed by atoms with E-state index < -0.39 is 5.82 Å². The number of anilines is 1. The Bertz CT molecular complexity index is 1260. The van der Waals surface area contributed by atoms with Crippen molar-refractivity contribution >= 4 is 29.3 Å². The Balaban J connectivity index is 1.43. The van der Waals surface area contributed by atoms with Gasteiger partial charge in [-0.2, -0.15) is 4.68 Å². The second kappa shape index (κ2) is 10.1.